The molecule has 2 aromatic carbocycles. The molecular weight excluding hydrogens is 371 g/mol. The molecule has 2 atom stereocenters. The zero-order valence-electron chi connectivity index (χ0n) is 14.7. The van der Waals surface area contributed by atoms with Crippen LogP contribution in [-0.2, 0) is 4.79 Å². The quantitative estimate of drug-likeness (QED) is 0.774. The van der Waals surface area contributed by atoms with Crippen LogP contribution in [0, 0.1) is 0 Å². The summed E-state index contributed by atoms with van der Waals surface area (Å²) in [4.78, 5) is 12.6. The van der Waals surface area contributed by atoms with Crippen LogP contribution in [0.15, 0.2) is 48.5 Å². The van der Waals surface area contributed by atoms with E-state index in [-0.39, 0.29) is 30.4 Å². The fourth-order valence-electron chi connectivity index (χ4n) is 3.25. The van der Waals surface area contributed by atoms with E-state index in [0.29, 0.717) is 11.4 Å². The van der Waals surface area contributed by atoms with Crippen molar-refractivity contribution >= 4 is 29.9 Å². The average Bonchev–Trinajstić information content (AvgIpc) is 3.13. The summed E-state index contributed by atoms with van der Waals surface area (Å²) in [5.74, 6) is 0.772. The van der Waals surface area contributed by atoms with Gasteiger partial charge in [0.1, 0.15) is 5.75 Å². The molecule has 3 rings (SSSR count). The van der Waals surface area contributed by atoms with Gasteiger partial charge in [0.15, 0.2) is 0 Å². The Morgan fingerprint density at radius 3 is 2.81 bits per heavy atom. The largest absolute Gasteiger partial charge is 0.497 e. The number of ether oxygens (including phenoxy) is 1. The lowest BCUT2D eigenvalue weighted by atomic mass is 9.97. The van der Waals surface area contributed by atoms with E-state index in [9.17, 15) is 4.79 Å². The van der Waals surface area contributed by atoms with Gasteiger partial charge in [-0.1, -0.05) is 41.9 Å². The first kappa shape index (κ1) is 20.6. The number of carbonyl (C=O) groups excluding carboxylic acids is 1. The third-order valence-electron chi connectivity index (χ3n) is 4.54. The third-order valence-corrected chi connectivity index (χ3v) is 4.89. The first-order chi connectivity index (χ1) is 12.2. The minimum Gasteiger partial charge on any atom is -0.497 e. The molecule has 140 valence electrons. The number of hydrogen-bond donors (Lipinski definition) is 2. The summed E-state index contributed by atoms with van der Waals surface area (Å²) in [6, 6.07) is 15.3. The third kappa shape index (κ3) is 5.13. The van der Waals surface area contributed by atoms with Crippen molar-refractivity contribution < 1.29 is 9.53 Å². The number of halogens is 2. The van der Waals surface area contributed by atoms with Crippen molar-refractivity contribution in [2.24, 2.45) is 0 Å². The smallest absolute Gasteiger partial charge is 0.222 e. The number of hydrogen-bond acceptors (Lipinski definition) is 3. The molecule has 0 saturated carbocycles. The van der Waals surface area contributed by atoms with Gasteiger partial charge < -0.3 is 15.4 Å². The van der Waals surface area contributed by atoms with E-state index in [1.165, 1.54) is 0 Å². The summed E-state index contributed by atoms with van der Waals surface area (Å²) < 4.78 is 5.33. The van der Waals surface area contributed by atoms with Crippen LogP contribution in [0.5, 0.6) is 5.75 Å². The van der Waals surface area contributed by atoms with Crippen molar-refractivity contribution in [3.8, 4) is 5.75 Å². The Hall–Kier alpha value is -1.75. The summed E-state index contributed by atoms with van der Waals surface area (Å²) >= 11 is 6.40. The Labute approximate surface area is 165 Å². The SMILES string of the molecule is COc1cccc(C(NC(=O)CC2CCCN2)c2ccccc2Cl)c1.Cl. The topological polar surface area (TPSA) is 50.4 Å². The number of methoxy groups -OCH3 is 1. The lowest BCUT2D eigenvalue weighted by Gasteiger charge is -2.22. The maximum Gasteiger partial charge on any atom is 0.222 e. The Morgan fingerprint density at radius 1 is 1.31 bits per heavy atom. The van der Waals surface area contributed by atoms with E-state index in [1.54, 1.807) is 7.11 Å². The van der Waals surface area contributed by atoms with Crippen LogP contribution in [0.1, 0.15) is 36.4 Å². The highest BCUT2D eigenvalue weighted by atomic mass is 35.5. The van der Waals surface area contributed by atoms with Gasteiger partial charge in [0.25, 0.3) is 0 Å². The molecule has 0 aromatic heterocycles. The van der Waals surface area contributed by atoms with Crippen molar-refractivity contribution in [2.45, 2.75) is 31.3 Å². The van der Waals surface area contributed by atoms with Crippen LogP contribution < -0.4 is 15.4 Å². The molecule has 0 radical (unpaired) electrons. The summed E-state index contributed by atoms with van der Waals surface area (Å²) in [6.45, 7) is 0.988. The Bertz CT molecular complexity index is 733. The van der Waals surface area contributed by atoms with Crippen molar-refractivity contribution in [3.63, 3.8) is 0 Å². The molecule has 2 aromatic rings. The summed E-state index contributed by atoms with van der Waals surface area (Å²) in [5, 5.41) is 7.15. The first-order valence-electron chi connectivity index (χ1n) is 8.58. The lowest BCUT2D eigenvalue weighted by Crippen LogP contribution is -2.34. The van der Waals surface area contributed by atoms with E-state index in [2.05, 4.69) is 10.6 Å². The number of rotatable bonds is 6. The molecular formula is C20H24Cl2N2O2. The normalized spacial score (nSPS) is 17.2. The van der Waals surface area contributed by atoms with Gasteiger partial charge in [-0.15, -0.1) is 12.4 Å². The zero-order chi connectivity index (χ0) is 17.6. The molecule has 2 unspecified atom stereocenters. The highest BCUT2D eigenvalue weighted by Crippen LogP contribution is 2.30. The van der Waals surface area contributed by atoms with Gasteiger partial charge in [-0.2, -0.15) is 0 Å². The van der Waals surface area contributed by atoms with Crippen LogP contribution in [0.3, 0.4) is 0 Å². The minimum atomic E-state index is -0.308. The lowest BCUT2D eigenvalue weighted by molar-refractivity contribution is -0.122. The standard InChI is InChI=1S/C20H23ClN2O2.ClH/c1-25-16-8-4-6-14(12-16)20(17-9-2-3-10-18(17)21)23-19(24)13-15-7-5-11-22-15;/h2-4,6,8-10,12,15,20,22H,5,7,11,13H2,1H3,(H,23,24);1H. The average molecular weight is 395 g/mol. The van der Waals surface area contributed by atoms with Gasteiger partial charge >= 0.3 is 0 Å². The van der Waals surface area contributed by atoms with Gasteiger partial charge in [-0.05, 0) is 48.7 Å². The molecule has 0 aliphatic carbocycles. The number of nitrogens with one attached hydrogen (secondary N) is 2. The second-order valence-electron chi connectivity index (χ2n) is 6.30. The highest BCUT2D eigenvalue weighted by molar-refractivity contribution is 6.31. The van der Waals surface area contributed by atoms with E-state index >= 15 is 0 Å². The van der Waals surface area contributed by atoms with E-state index in [4.69, 9.17) is 16.3 Å². The summed E-state index contributed by atoms with van der Waals surface area (Å²) in [7, 11) is 1.63. The minimum absolute atomic E-state index is 0. The molecule has 1 heterocycles. The Balaban J connectivity index is 0.00000243. The monoisotopic (exact) mass is 394 g/mol. The van der Waals surface area contributed by atoms with Gasteiger partial charge in [0.05, 0.1) is 13.2 Å². The Kier molecular flexibility index (Phi) is 7.76. The fourth-order valence-corrected chi connectivity index (χ4v) is 3.49. The van der Waals surface area contributed by atoms with Gasteiger partial charge in [-0.25, -0.2) is 0 Å². The van der Waals surface area contributed by atoms with Crippen LogP contribution in [-0.4, -0.2) is 25.6 Å². The molecule has 2 N–H and O–H groups in total. The molecule has 1 aliphatic rings. The van der Waals surface area contributed by atoms with Crippen LogP contribution in [0.4, 0.5) is 0 Å². The number of amides is 1. The molecule has 1 aliphatic heterocycles. The molecule has 1 saturated heterocycles. The molecule has 4 nitrogen and oxygen atoms in total. The van der Waals surface area contributed by atoms with Crippen molar-refractivity contribution in [1.29, 1.82) is 0 Å². The first-order valence-corrected chi connectivity index (χ1v) is 8.96. The molecule has 1 amide bonds. The predicted octanol–water partition coefficient (Wildman–Crippen LogP) is 4.12. The van der Waals surface area contributed by atoms with E-state index < -0.39 is 0 Å². The van der Waals surface area contributed by atoms with Crippen molar-refractivity contribution in [2.75, 3.05) is 13.7 Å². The van der Waals surface area contributed by atoms with Gasteiger partial charge in [0, 0.05) is 17.5 Å². The predicted molar refractivity (Wildman–Crippen MR) is 107 cm³/mol. The maximum atomic E-state index is 12.6. The Morgan fingerprint density at radius 2 is 2.12 bits per heavy atom. The fraction of sp³-hybridized carbons (Fsp3) is 0.350. The molecule has 0 spiro atoms. The van der Waals surface area contributed by atoms with Gasteiger partial charge in [0.2, 0.25) is 5.91 Å². The zero-order valence-corrected chi connectivity index (χ0v) is 16.3. The van der Waals surface area contributed by atoms with Crippen LogP contribution in [0.2, 0.25) is 5.02 Å². The van der Waals surface area contributed by atoms with Crippen LogP contribution in [0.25, 0.3) is 0 Å². The highest BCUT2D eigenvalue weighted by Gasteiger charge is 2.23. The number of carbonyl (C=O) groups is 1. The molecule has 0 bridgehead atoms. The molecule has 1 fully saturated rings. The summed E-state index contributed by atoms with van der Waals surface area (Å²) in [5.41, 5.74) is 1.82. The van der Waals surface area contributed by atoms with E-state index in [0.717, 1.165) is 36.3 Å². The summed E-state index contributed by atoms with van der Waals surface area (Å²) in [6.07, 6.45) is 2.65. The van der Waals surface area contributed by atoms with Crippen LogP contribution >= 0.6 is 24.0 Å². The molecule has 6 heteroatoms. The molecule has 26 heavy (non-hydrogen) atoms. The second kappa shape index (κ2) is 9.81. The number of benzene rings is 2. The van der Waals surface area contributed by atoms with Crippen molar-refractivity contribution in [1.82, 2.24) is 10.6 Å². The maximum absolute atomic E-state index is 12.6. The van der Waals surface area contributed by atoms with Gasteiger partial charge in [-0.3, -0.25) is 4.79 Å². The van der Waals surface area contributed by atoms with E-state index in [1.807, 2.05) is 48.5 Å². The van der Waals surface area contributed by atoms with Crippen molar-refractivity contribution in [3.05, 3.63) is 64.7 Å². The second-order valence-corrected chi connectivity index (χ2v) is 6.70.